The van der Waals surface area contributed by atoms with Crippen molar-refractivity contribution in [1.29, 1.82) is 5.26 Å². The molecule has 0 radical (unpaired) electrons. The number of hydrogen-bond donors (Lipinski definition) is 0. The van der Waals surface area contributed by atoms with Gasteiger partial charge in [-0.3, -0.25) is 0 Å². The van der Waals surface area contributed by atoms with Crippen LogP contribution < -0.4 is 15.9 Å². The molecule has 0 aliphatic carbocycles. The average molecular weight is 377 g/mol. The van der Waals surface area contributed by atoms with Gasteiger partial charge in [-0.15, -0.1) is 0 Å². The third kappa shape index (κ3) is 3.09. The van der Waals surface area contributed by atoms with Crippen LogP contribution >= 0.6 is 6.89 Å². The van der Waals surface area contributed by atoms with Crippen LogP contribution in [0.2, 0.25) is 0 Å². The van der Waals surface area contributed by atoms with E-state index in [9.17, 15) is 5.26 Å². The molecule has 2 heteroatoms. The summed E-state index contributed by atoms with van der Waals surface area (Å²) in [4.78, 5) is 0. The second-order valence-electron chi connectivity index (χ2n) is 6.50. The molecule has 0 fully saturated rings. The van der Waals surface area contributed by atoms with Crippen molar-refractivity contribution < 1.29 is 0 Å². The summed E-state index contributed by atoms with van der Waals surface area (Å²) in [5.74, 6) is 0. The van der Waals surface area contributed by atoms with Gasteiger partial charge in [0.2, 0.25) is 0 Å². The van der Waals surface area contributed by atoms with E-state index in [0.29, 0.717) is 0 Å². The zero-order chi connectivity index (χ0) is 19.2. The van der Waals surface area contributed by atoms with Crippen LogP contribution in [0.1, 0.15) is 5.56 Å². The average Bonchev–Trinajstić information content (AvgIpc) is 2.80. The lowest BCUT2D eigenvalue weighted by atomic mass is 10.2. The van der Waals surface area contributed by atoms with Crippen LogP contribution in [-0.4, -0.2) is 5.29 Å². The molecular formula is C26H20NP. The van der Waals surface area contributed by atoms with E-state index < -0.39 is 6.89 Å². The minimum atomic E-state index is -2.33. The molecule has 0 amide bonds. The Labute approximate surface area is 166 Å². The molecule has 28 heavy (non-hydrogen) atoms. The summed E-state index contributed by atoms with van der Waals surface area (Å²) in [6, 6.07) is 44.2. The maximum Gasteiger partial charge on any atom is 0.101 e. The number of hydrogen-bond acceptors (Lipinski definition) is 1. The molecule has 0 aliphatic rings. The maximum absolute atomic E-state index is 10.4. The number of nitriles is 1. The lowest BCUT2D eigenvalue weighted by Crippen LogP contribution is -2.30. The van der Waals surface area contributed by atoms with Crippen molar-refractivity contribution in [3.63, 3.8) is 0 Å². The first-order valence-electron chi connectivity index (χ1n) is 9.26. The Morgan fingerprint density at radius 2 is 0.821 bits per heavy atom. The first-order valence-corrected chi connectivity index (χ1v) is 11.0. The van der Waals surface area contributed by atoms with Crippen LogP contribution in [0.15, 0.2) is 121 Å². The second kappa shape index (κ2) is 8.13. The van der Waals surface area contributed by atoms with E-state index in [1.54, 1.807) is 0 Å². The molecule has 0 saturated heterocycles. The van der Waals surface area contributed by atoms with Crippen molar-refractivity contribution in [2.75, 3.05) is 0 Å². The van der Waals surface area contributed by atoms with Crippen LogP contribution in [-0.2, 0) is 0 Å². The van der Waals surface area contributed by atoms with E-state index in [1.165, 1.54) is 15.9 Å². The molecule has 4 aromatic rings. The highest BCUT2D eigenvalue weighted by Crippen LogP contribution is 2.47. The summed E-state index contributed by atoms with van der Waals surface area (Å²) >= 11 is 0. The first kappa shape index (κ1) is 18.1. The Morgan fingerprint density at radius 3 is 1.14 bits per heavy atom. The molecule has 1 nitrogen and oxygen atoms in total. The largest absolute Gasteiger partial charge is 0.192 e. The van der Waals surface area contributed by atoms with Crippen LogP contribution in [0.5, 0.6) is 0 Å². The molecule has 0 N–H and O–H groups in total. The third-order valence-corrected chi connectivity index (χ3v) is 9.17. The molecule has 4 rings (SSSR count). The van der Waals surface area contributed by atoms with Crippen molar-refractivity contribution in [2.24, 2.45) is 0 Å². The van der Waals surface area contributed by atoms with Crippen molar-refractivity contribution in [1.82, 2.24) is 0 Å². The normalized spacial score (nSPS) is 10.8. The number of nitrogens with zero attached hydrogens (tertiary/aromatic N) is 1. The van der Waals surface area contributed by atoms with Gasteiger partial charge < -0.3 is 0 Å². The van der Waals surface area contributed by atoms with E-state index in [4.69, 9.17) is 0 Å². The summed E-state index contributed by atoms with van der Waals surface area (Å²) in [5.41, 5.74) is 0.981. The molecule has 0 saturated carbocycles. The third-order valence-electron chi connectivity index (χ3n) is 4.92. The standard InChI is InChI=1S/C26H20NP/c27-21-26(22-13-5-1-6-14-22)28(23-15-7-2-8-16-23,24-17-9-3-10-18-24)25-19-11-4-12-20-25/h1-20H. The van der Waals surface area contributed by atoms with Gasteiger partial charge in [0.15, 0.2) is 0 Å². The lowest BCUT2D eigenvalue weighted by molar-refractivity contribution is 1.55. The SMILES string of the molecule is N#CC(c1ccccc1)=P(c1ccccc1)(c1ccccc1)c1ccccc1. The highest BCUT2D eigenvalue weighted by molar-refractivity contribution is 7.96. The summed E-state index contributed by atoms with van der Waals surface area (Å²) in [6.07, 6.45) is 0. The number of benzene rings is 4. The molecule has 0 unspecified atom stereocenters. The summed E-state index contributed by atoms with van der Waals surface area (Å²) < 4.78 is 0. The predicted octanol–water partition coefficient (Wildman–Crippen LogP) is 4.72. The molecule has 0 aliphatic heterocycles. The fraction of sp³-hybridized carbons (Fsp3) is 0. The predicted molar refractivity (Wildman–Crippen MR) is 121 cm³/mol. The minimum Gasteiger partial charge on any atom is -0.192 e. The summed E-state index contributed by atoms with van der Waals surface area (Å²) in [5, 5.41) is 14.8. The Hall–Kier alpha value is -3.33. The topological polar surface area (TPSA) is 23.8 Å². The van der Waals surface area contributed by atoms with Gasteiger partial charge in [0.05, 0.1) is 5.29 Å². The van der Waals surface area contributed by atoms with E-state index >= 15 is 0 Å². The Bertz CT molecular complexity index is 1040. The monoisotopic (exact) mass is 377 g/mol. The van der Waals surface area contributed by atoms with Crippen LogP contribution in [0.25, 0.3) is 0 Å². The van der Waals surface area contributed by atoms with Gasteiger partial charge in [0.1, 0.15) is 6.07 Å². The Kier molecular flexibility index (Phi) is 5.24. The number of rotatable bonds is 4. The lowest BCUT2D eigenvalue weighted by Gasteiger charge is -2.30. The Balaban J connectivity index is 2.27. The maximum atomic E-state index is 10.4. The summed E-state index contributed by atoms with van der Waals surface area (Å²) in [6.45, 7) is -2.33. The zero-order valence-electron chi connectivity index (χ0n) is 15.4. The second-order valence-corrected chi connectivity index (χ2v) is 9.84. The van der Waals surface area contributed by atoms with Gasteiger partial charge in [-0.2, -0.15) is 5.26 Å². The molecule has 0 heterocycles. The molecule has 4 aromatic carbocycles. The molecule has 0 bridgehead atoms. The molecule has 0 aromatic heterocycles. The van der Waals surface area contributed by atoms with Gasteiger partial charge in [-0.25, -0.2) is 0 Å². The summed E-state index contributed by atoms with van der Waals surface area (Å²) in [7, 11) is 0. The molecule has 134 valence electrons. The van der Waals surface area contributed by atoms with E-state index in [-0.39, 0.29) is 0 Å². The van der Waals surface area contributed by atoms with E-state index in [2.05, 4.69) is 78.9 Å². The van der Waals surface area contributed by atoms with Gasteiger partial charge in [0, 0.05) is 0 Å². The van der Waals surface area contributed by atoms with Crippen molar-refractivity contribution >= 4 is 28.1 Å². The van der Waals surface area contributed by atoms with Gasteiger partial charge in [0.25, 0.3) is 0 Å². The Morgan fingerprint density at radius 1 is 0.500 bits per heavy atom. The first-order chi connectivity index (χ1) is 13.9. The fourth-order valence-electron chi connectivity index (χ4n) is 3.72. The van der Waals surface area contributed by atoms with Crippen molar-refractivity contribution in [3.8, 4) is 6.07 Å². The van der Waals surface area contributed by atoms with Crippen LogP contribution in [0.3, 0.4) is 0 Å². The van der Waals surface area contributed by atoms with Gasteiger partial charge in [-0.1, -0.05) is 121 Å². The minimum absolute atomic E-state index is 0.830. The van der Waals surface area contributed by atoms with E-state index in [1.807, 2.05) is 48.5 Å². The zero-order valence-corrected chi connectivity index (χ0v) is 16.3. The molecular weight excluding hydrogens is 357 g/mol. The van der Waals surface area contributed by atoms with Crippen LogP contribution in [0, 0.1) is 11.3 Å². The highest BCUT2D eigenvalue weighted by Gasteiger charge is 2.30. The van der Waals surface area contributed by atoms with Gasteiger partial charge in [-0.05, 0) is 28.4 Å². The van der Waals surface area contributed by atoms with Gasteiger partial charge >= 0.3 is 0 Å². The van der Waals surface area contributed by atoms with E-state index in [0.717, 1.165) is 10.9 Å². The smallest absolute Gasteiger partial charge is 0.101 e. The quantitative estimate of drug-likeness (QED) is 0.472. The van der Waals surface area contributed by atoms with Crippen molar-refractivity contribution in [2.45, 2.75) is 0 Å². The molecule has 0 atom stereocenters. The van der Waals surface area contributed by atoms with Crippen LogP contribution in [0.4, 0.5) is 0 Å². The van der Waals surface area contributed by atoms with Crippen molar-refractivity contribution in [3.05, 3.63) is 127 Å². The fourth-order valence-corrected chi connectivity index (χ4v) is 7.93. The molecule has 0 spiro atoms. The highest BCUT2D eigenvalue weighted by atomic mass is 31.2.